The molecule has 156 valence electrons. The summed E-state index contributed by atoms with van der Waals surface area (Å²) in [6.07, 6.45) is 2.26. The molecule has 0 fully saturated rings. The predicted molar refractivity (Wildman–Crippen MR) is 146 cm³/mol. The van der Waals surface area contributed by atoms with Crippen LogP contribution in [0, 0.1) is 0 Å². The Morgan fingerprint density at radius 3 is 2.45 bits per heavy atom. The number of benzene rings is 5. The summed E-state index contributed by atoms with van der Waals surface area (Å²) in [5, 5.41) is 5.60. The molecule has 2 aliphatic carbocycles. The van der Waals surface area contributed by atoms with Crippen molar-refractivity contribution >= 4 is 58.2 Å². The number of halogens is 1. The summed E-state index contributed by atoms with van der Waals surface area (Å²) in [7, 11) is 0. The monoisotopic (exact) mass is 502 g/mol. The summed E-state index contributed by atoms with van der Waals surface area (Å²) in [4.78, 5) is 0. The van der Waals surface area contributed by atoms with E-state index in [1.807, 2.05) is 11.3 Å². The molecular formula is C31H19BrS. The van der Waals surface area contributed by atoms with Crippen LogP contribution in [0.4, 0.5) is 0 Å². The Kier molecular flexibility index (Phi) is 3.67. The minimum atomic E-state index is 0.467. The fraction of sp³-hybridized carbons (Fsp3) is 0.0968. The van der Waals surface area contributed by atoms with E-state index < -0.39 is 0 Å². The Morgan fingerprint density at radius 1 is 0.727 bits per heavy atom. The van der Waals surface area contributed by atoms with Gasteiger partial charge < -0.3 is 0 Å². The fourth-order valence-electron chi connectivity index (χ4n) is 6.42. The SMILES string of the molecule is Brc1ccc2c(c1)sc1c3c4c(cccc4cc12)-c1cccc2c1C(CC3)c1ccccc1-2. The highest BCUT2D eigenvalue weighted by Gasteiger charge is 2.33. The lowest BCUT2D eigenvalue weighted by Gasteiger charge is -2.23. The summed E-state index contributed by atoms with van der Waals surface area (Å²) in [5.74, 6) is 0.467. The van der Waals surface area contributed by atoms with Gasteiger partial charge in [0.15, 0.2) is 0 Å². The van der Waals surface area contributed by atoms with Gasteiger partial charge in [0.1, 0.15) is 0 Å². The smallest absolute Gasteiger partial charge is 0.0394 e. The molecule has 0 aliphatic heterocycles. The molecule has 5 aromatic carbocycles. The quantitative estimate of drug-likeness (QED) is 0.194. The van der Waals surface area contributed by atoms with Crippen molar-refractivity contribution in [3.05, 3.63) is 106 Å². The first-order valence-corrected chi connectivity index (χ1v) is 13.2. The molecule has 0 bridgehead atoms. The van der Waals surface area contributed by atoms with E-state index in [-0.39, 0.29) is 0 Å². The van der Waals surface area contributed by atoms with Gasteiger partial charge in [-0.05, 0) is 80.8 Å². The molecule has 1 heterocycles. The van der Waals surface area contributed by atoms with E-state index in [0.717, 1.165) is 17.3 Å². The summed E-state index contributed by atoms with van der Waals surface area (Å²) >= 11 is 5.64. The molecule has 8 rings (SSSR count). The van der Waals surface area contributed by atoms with Gasteiger partial charge in [-0.25, -0.2) is 0 Å². The molecule has 1 unspecified atom stereocenters. The number of hydrogen-bond donors (Lipinski definition) is 0. The second-order valence-electron chi connectivity index (χ2n) is 9.32. The van der Waals surface area contributed by atoms with Crippen molar-refractivity contribution in [1.29, 1.82) is 0 Å². The van der Waals surface area contributed by atoms with E-state index >= 15 is 0 Å². The predicted octanol–water partition coefficient (Wildman–Crippen LogP) is 9.70. The van der Waals surface area contributed by atoms with Gasteiger partial charge >= 0.3 is 0 Å². The fourth-order valence-corrected chi connectivity index (χ4v) is 8.23. The molecule has 6 aromatic rings. The van der Waals surface area contributed by atoms with Crippen LogP contribution >= 0.6 is 27.3 Å². The third kappa shape index (κ3) is 2.41. The number of fused-ring (bicyclic) bond motifs is 8. The maximum Gasteiger partial charge on any atom is 0.0394 e. The molecule has 1 atom stereocenters. The first-order valence-electron chi connectivity index (χ1n) is 11.6. The molecule has 0 saturated heterocycles. The van der Waals surface area contributed by atoms with Crippen LogP contribution in [0.5, 0.6) is 0 Å². The Bertz CT molecular complexity index is 1790. The molecule has 0 amide bonds. The second kappa shape index (κ2) is 6.56. The third-order valence-electron chi connectivity index (χ3n) is 7.72. The van der Waals surface area contributed by atoms with E-state index in [4.69, 9.17) is 0 Å². The average molecular weight is 503 g/mol. The van der Waals surface area contributed by atoms with Gasteiger partial charge in [0, 0.05) is 30.6 Å². The summed E-state index contributed by atoms with van der Waals surface area (Å²) < 4.78 is 3.98. The molecule has 2 heteroatoms. The standard InChI is InChI=1S/C31H19BrS/c32-18-11-12-21-27-15-17-5-3-8-23-24-10-4-9-22-19-6-1-2-7-20(19)25(30(22)24)13-14-26(29(17)23)31(27)33-28(21)16-18/h1-12,15-16,25H,13-14H2. The van der Waals surface area contributed by atoms with E-state index in [9.17, 15) is 0 Å². The van der Waals surface area contributed by atoms with Crippen molar-refractivity contribution in [3.8, 4) is 22.3 Å². The molecule has 0 saturated carbocycles. The first kappa shape index (κ1) is 18.5. The third-order valence-corrected chi connectivity index (χ3v) is 9.44. The van der Waals surface area contributed by atoms with E-state index in [1.54, 1.807) is 0 Å². The maximum absolute atomic E-state index is 3.68. The molecule has 1 aromatic heterocycles. The number of thiophene rings is 1. The highest BCUT2D eigenvalue weighted by Crippen LogP contribution is 2.54. The van der Waals surface area contributed by atoms with E-state index in [2.05, 4.69) is 101 Å². The van der Waals surface area contributed by atoms with Gasteiger partial charge in [-0.2, -0.15) is 0 Å². The number of rotatable bonds is 0. The maximum atomic E-state index is 3.68. The van der Waals surface area contributed by atoms with Gasteiger partial charge in [-0.1, -0.05) is 82.7 Å². The van der Waals surface area contributed by atoms with Crippen LogP contribution in [0.25, 0.3) is 53.2 Å². The van der Waals surface area contributed by atoms with Crippen LogP contribution < -0.4 is 0 Å². The number of aryl methyl sites for hydroxylation is 1. The van der Waals surface area contributed by atoms with Crippen LogP contribution in [-0.2, 0) is 6.42 Å². The molecule has 0 N–H and O–H groups in total. The van der Waals surface area contributed by atoms with Gasteiger partial charge in [0.2, 0.25) is 0 Å². The zero-order valence-electron chi connectivity index (χ0n) is 17.9. The largest absolute Gasteiger partial charge is 0.135 e. The number of hydrogen-bond acceptors (Lipinski definition) is 1. The van der Waals surface area contributed by atoms with Crippen LogP contribution in [0.1, 0.15) is 29.0 Å². The molecule has 2 aliphatic rings. The Hall–Kier alpha value is -2.94. The second-order valence-corrected chi connectivity index (χ2v) is 11.3. The summed E-state index contributed by atoms with van der Waals surface area (Å²) in [6.45, 7) is 0. The molecule has 0 spiro atoms. The highest BCUT2D eigenvalue weighted by molar-refractivity contribution is 9.10. The van der Waals surface area contributed by atoms with Gasteiger partial charge in [0.25, 0.3) is 0 Å². The first-order chi connectivity index (χ1) is 16.3. The van der Waals surface area contributed by atoms with Crippen molar-refractivity contribution in [3.63, 3.8) is 0 Å². The van der Waals surface area contributed by atoms with E-state index in [1.165, 1.54) is 69.9 Å². The van der Waals surface area contributed by atoms with Crippen molar-refractivity contribution in [2.45, 2.75) is 18.8 Å². The topological polar surface area (TPSA) is 0 Å². The summed E-state index contributed by atoms with van der Waals surface area (Å²) in [5.41, 5.74) is 10.3. The van der Waals surface area contributed by atoms with Crippen LogP contribution in [-0.4, -0.2) is 0 Å². The minimum Gasteiger partial charge on any atom is -0.135 e. The highest BCUT2D eigenvalue weighted by atomic mass is 79.9. The lowest BCUT2D eigenvalue weighted by Crippen LogP contribution is -2.05. The van der Waals surface area contributed by atoms with Gasteiger partial charge in [-0.3, -0.25) is 0 Å². The molecule has 0 nitrogen and oxygen atoms in total. The van der Waals surface area contributed by atoms with Crippen LogP contribution in [0.3, 0.4) is 0 Å². The molecular weight excluding hydrogens is 484 g/mol. The normalized spacial score (nSPS) is 16.1. The minimum absolute atomic E-state index is 0.467. The summed E-state index contributed by atoms with van der Waals surface area (Å²) in [6, 6.07) is 32.0. The van der Waals surface area contributed by atoms with Crippen molar-refractivity contribution in [1.82, 2.24) is 0 Å². The van der Waals surface area contributed by atoms with Crippen molar-refractivity contribution in [2.24, 2.45) is 0 Å². The van der Waals surface area contributed by atoms with E-state index in [0.29, 0.717) is 5.92 Å². The van der Waals surface area contributed by atoms with Gasteiger partial charge in [-0.15, -0.1) is 11.3 Å². The van der Waals surface area contributed by atoms with Gasteiger partial charge in [0.05, 0.1) is 0 Å². The lowest BCUT2D eigenvalue weighted by atomic mass is 9.80. The Morgan fingerprint density at radius 2 is 1.52 bits per heavy atom. The lowest BCUT2D eigenvalue weighted by molar-refractivity contribution is 0.734. The van der Waals surface area contributed by atoms with Crippen LogP contribution in [0.2, 0.25) is 0 Å². The molecule has 0 radical (unpaired) electrons. The Balaban J connectivity index is 1.53. The molecule has 33 heavy (non-hydrogen) atoms. The average Bonchev–Trinajstić information content (AvgIpc) is 3.35. The van der Waals surface area contributed by atoms with Crippen LogP contribution in [0.15, 0.2) is 89.4 Å². The van der Waals surface area contributed by atoms with Crippen molar-refractivity contribution in [2.75, 3.05) is 0 Å². The Labute approximate surface area is 204 Å². The zero-order valence-corrected chi connectivity index (χ0v) is 20.3. The zero-order chi connectivity index (χ0) is 21.7. The van der Waals surface area contributed by atoms with Crippen molar-refractivity contribution < 1.29 is 0 Å².